The zero-order chi connectivity index (χ0) is 20.6. The summed E-state index contributed by atoms with van der Waals surface area (Å²) in [6, 6.07) is 12.0. The molecular formula is C22H26N4O2S. The predicted molar refractivity (Wildman–Crippen MR) is 115 cm³/mol. The molecule has 0 radical (unpaired) electrons. The van der Waals surface area contributed by atoms with E-state index in [1.807, 2.05) is 47.5 Å². The van der Waals surface area contributed by atoms with E-state index in [4.69, 9.17) is 0 Å². The Balaban J connectivity index is 1.43. The molecule has 6 nitrogen and oxygen atoms in total. The van der Waals surface area contributed by atoms with E-state index < -0.39 is 0 Å². The van der Waals surface area contributed by atoms with E-state index >= 15 is 0 Å². The third kappa shape index (κ3) is 5.77. The minimum absolute atomic E-state index is 0.0237. The molecule has 0 aliphatic carbocycles. The summed E-state index contributed by atoms with van der Waals surface area (Å²) in [7, 11) is 0. The molecule has 2 N–H and O–H groups in total. The lowest BCUT2D eigenvalue weighted by Crippen LogP contribution is -2.27. The van der Waals surface area contributed by atoms with Crippen molar-refractivity contribution in [3.05, 3.63) is 75.2 Å². The summed E-state index contributed by atoms with van der Waals surface area (Å²) in [4.78, 5) is 24.0. The summed E-state index contributed by atoms with van der Waals surface area (Å²) >= 11 is 1.49. The van der Waals surface area contributed by atoms with Crippen LogP contribution in [0.15, 0.2) is 47.2 Å². The van der Waals surface area contributed by atoms with E-state index in [1.54, 1.807) is 6.07 Å². The first-order valence-electron chi connectivity index (χ1n) is 9.68. The van der Waals surface area contributed by atoms with E-state index in [1.165, 1.54) is 16.9 Å². The minimum atomic E-state index is -0.0938. The number of thiophene rings is 1. The van der Waals surface area contributed by atoms with Crippen molar-refractivity contribution >= 4 is 23.2 Å². The first kappa shape index (κ1) is 20.8. The largest absolute Gasteiger partial charge is 0.352 e. The molecule has 0 bridgehead atoms. The number of hydrogen-bond acceptors (Lipinski definition) is 4. The van der Waals surface area contributed by atoms with Crippen LogP contribution in [0.5, 0.6) is 0 Å². The Kier molecular flexibility index (Phi) is 7.19. The number of benzene rings is 1. The third-order valence-corrected chi connectivity index (χ3v) is 5.50. The number of nitrogens with one attached hydrogen (secondary N) is 2. The molecule has 0 spiro atoms. The summed E-state index contributed by atoms with van der Waals surface area (Å²) in [5.74, 6) is -0.117. The fourth-order valence-corrected chi connectivity index (χ4v) is 3.76. The standard InChI is InChI=1S/C22H26N4O2S/c1-16-20(17(2)26(25-16)14-18-7-4-3-5-8-18)13-24-21(27)9-6-11-23-22(28)19-10-12-29-15-19/h3-5,7-8,10,12,15H,6,9,11,13-14H2,1-2H3,(H,23,28)(H,24,27). The third-order valence-electron chi connectivity index (χ3n) is 4.82. The monoisotopic (exact) mass is 410 g/mol. The highest BCUT2D eigenvalue weighted by atomic mass is 32.1. The van der Waals surface area contributed by atoms with E-state index in [0.717, 1.165) is 17.0 Å². The van der Waals surface area contributed by atoms with E-state index in [9.17, 15) is 9.59 Å². The normalized spacial score (nSPS) is 10.7. The molecule has 2 heterocycles. The highest BCUT2D eigenvalue weighted by molar-refractivity contribution is 7.08. The maximum absolute atomic E-state index is 12.2. The second-order valence-electron chi connectivity index (χ2n) is 6.94. The van der Waals surface area contributed by atoms with Crippen LogP contribution < -0.4 is 10.6 Å². The summed E-state index contributed by atoms with van der Waals surface area (Å²) in [5.41, 5.74) is 4.91. The number of aryl methyl sites for hydroxylation is 1. The van der Waals surface area contributed by atoms with Crippen molar-refractivity contribution in [2.75, 3.05) is 6.54 Å². The Bertz CT molecular complexity index is 949. The van der Waals surface area contributed by atoms with Crippen LogP contribution in [-0.4, -0.2) is 28.1 Å². The topological polar surface area (TPSA) is 76.0 Å². The molecule has 0 atom stereocenters. The highest BCUT2D eigenvalue weighted by Crippen LogP contribution is 2.15. The molecule has 1 aromatic carbocycles. The van der Waals surface area contributed by atoms with Gasteiger partial charge in [0.2, 0.25) is 5.91 Å². The average Bonchev–Trinajstić information content (AvgIpc) is 3.34. The summed E-state index contributed by atoms with van der Waals surface area (Å²) < 4.78 is 1.98. The lowest BCUT2D eigenvalue weighted by Gasteiger charge is -2.08. The summed E-state index contributed by atoms with van der Waals surface area (Å²) in [5, 5.41) is 14.1. The van der Waals surface area contributed by atoms with Crippen LogP contribution in [-0.2, 0) is 17.9 Å². The summed E-state index contributed by atoms with van der Waals surface area (Å²) in [6.45, 7) is 5.66. The molecule has 0 unspecified atom stereocenters. The van der Waals surface area contributed by atoms with Gasteiger partial charge in [-0.25, -0.2) is 0 Å². The molecule has 152 valence electrons. The van der Waals surface area contributed by atoms with Crippen molar-refractivity contribution in [2.24, 2.45) is 0 Å². The Morgan fingerprint density at radius 1 is 1.10 bits per heavy atom. The molecule has 0 saturated carbocycles. The number of carbonyl (C=O) groups is 2. The van der Waals surface area contributed by atoms with Gasteiger partial charge in [-0.2, -0.15) is 16.4 Å². The van der Waals surface area contributed by atoms with Crippen molar-refractivity contribution in [3.63, 3.8) is 0 Å². The fraction of sp³-hybridized carbons (Fsp3) is 0.318. The second-order valence-corrected chi connectivity index (χ2v) is 7.72. The van der Waals surface area contributed by atoms with Gasteiger partial charge >= 0.3 is 0 Å². The zero-order valence-electron chi connectivity index (χ0n) is 16.8. The van der Waals surface area contributed by atoms with Gasteiger partial charge in [0.25, 0.3) is 5.91 Å². The van der Waals surface area contributed by atoms with Crippen molar-refractivity contribution in [1.82, 2.24) is 20.4 Å². The van der Waals surface area contributed by atoms with Crippen molar-refractivity contribution in [2.45, 2.75) is 39.8 Å². The molecule has 2 aromatic heterocycles. The molecular weight excluding hydrogens is 384 g/mol. The Hall–Kier alpha value is -2.93. The van der Waals surface area contributed by atoms with Crippen LogP contribution in [0.4, 0.5) is 0 Å². The first-order chi connectivity index (χ1) is 14.0. The van der Waals surface area contributed by atoms with Gasteiger partial charge in [-0.15, -0.1) is 0 Å². The van der Waals surface area contributed by atoms with Crippen LogP contribution in [0, 0.1) is 13.8 Å². The molecule has 2 amide bonds. The number of hydrogen-bond donors (Lipinski definition) is 2. The summed E-state index contributed by atoms with van der Waals surface area (Å²) in [6.07, 6.45) is 0.979. The molecule has 3 aromatic rings. The molecule has 29 heavy (non-hydrogen) atoms. The van der Waals surface area contributed by atoms with Crippen LogP contribution in [0.25, 0.3) is 0 Å². The Labute approximate surface area is 175 Å². The van der Waals surface area contributed by atoms with Crippen LogP contribution in [0.3, 0.4) is 0 Å². The maximum atomic E-state index is 12.2. The maximum Gasteiger partial charge on any atom is 0.252 e. The molecule has 0 fully saturated rings. The van der Waals surface area contributed by atoms with Gasteiger partial charge in [-0.1, -0.05) is 30.3 Å². The van der Waals surface area contributed by atoms with Gasteiger partial charge in [0.15, 0.2) is 0 Å². The lowest BCUT2D eigenvalue weighted by atomic mass is 10.2. The van der Waals surface area contributed by atoms with Crippen molar-refractivity contribution < 1.29 is 9.59 Å². The molecule has 7 heteroatoms. The smallest absolute Gasteiger partial charge is 0.252 e. The second kappa shape index (κ2) is 10.0. The average molecular weight is 411 g/mol. The number of amides is 2. The van der Waals surface area contributed by atoms with Crippen LogP contribution in [0.1, 0.15) is 45.7 Å². The molecule has 0 aliphatic heterocycles. The van der Waals surface area contributed by atoms with Crippen LogP contribution in [0.2, 0.25) is 0 Å². The molecule has 0 saturated heterocycles. The van der Waals surface area contributed by atoms with Crippen LogP contribution >= 0.6 is 11.3 Å². The van der Waals surface area contributed by atoms with Gasteiger partial charge in [0.05, 0.1) is 12.2 Å². The van der Waals surface area contributed by atoms with Gasteiger partial charge in [0.1, 0.15) is 0 Å². The Morgan fingerprint density at radius 3 is 2.62 bits per heavy atom. The van der Waals surface area contributed by atoms with Crippen molar-refractivity contribution in [1.29, 1.82) is 0 Å². The first-order valence-corrected chi connectivity index (χ1v) is 10.6. The molecule has 3 rings (SSSR count). The zero-order valence-corrected chi connectivity index (χ0v) is 17.6. The lowest BCUT2D eigenvalue weighted by molar-refractivity contribution is -0.121. The number of rotatable bonds is 9. The SMILES string of the molecule is Cc1nn(Cc2ccccc2)c(C)c1CNC(=O)CCCNC(=O)c1ccsc1. The van der Waals surface area contributed by atoms with Gasteiger partial charge in [0, 0.05) is 41.7 Å². The fourth-order valence-electron chi connectivity index (χ4n) is 3.12. The number of carbonyl (C=O) groups excluding carboxylic acids is 2. The van der Waals surface area contributed by atoms with E-state index in [2.05, 4.69) is 27.9 Å². The van der Waals surface area contributed by atoms with Crippen molar-refractivity contribution in [3.8, 4) is 0 Å². The number of nitrogens with zero attached hydrogens (tertiary/aromatic N) is 2. The van der Waals surface area contributed by atoms with Gasteiger partial charge < -0.3 is 10.6 Å². The predicted octanol–water partition coefficient (Wildman–Crippen LogP) is 3.44. The van der Waals surface area contributed by atoms with Gasteiger partial charge in [-0.3, -0.25) is 14.3 Å². The van der Waals surface area contributed by atoms with E-state index in [-0.39, 0.29) is 11.8 Å². The number of aromatic nitrogens is 2. The molecule has 0 aliphatic rings. The van der Waals surface area contributed by atoms with Gasteiger partial charge in [-0.05, 0) is 37.3 Å². The van der Waals surface area contributed by atoms with E-state index in [0.29, 0.717) is 38.0 Å². The minimum Gasteiger partial charge on any atom is -0.352 e. The quantitative estimate of drug-likeness (QED) is 0.531. The Morgan fingerprint density at radius 2 is 1.90 bits per heavy atom. The highest BCUT2D eigenvalue weighted by Gasteiger charge is 2.13.